The van der Waals surface area contributed by atoms with E-state index in [2.05, 4.69) is 31.3 Å². The van der Waals surface area contributed by atoms with Gasteiger partial charge in [-0.25, -0.2) is 0 Å². The van der Waals surface area contributed by atoms with Crippen LogP contribution in [-0.2, 0) is 4.74 Å². The van der Waals surface area contributed by atoms with E-state index in [1.165, 1.54) is 19.3 Å². The van der Waals surface area contributed by atoms with Crippen LogP contribution in [0.2, 0.25) is 0 Å². The zero-order chi connectivity index (χ0) is 11.8. The smallest absolute Gasteiger partial charge is 0.0477 e. The molecule has 16 heavy (non-hydrogen) atoms. The Labute approximate surface area is 100 Å². The first kappa shape index (κ1) is 13.7. The molecule has 0 aromatic rings. The summed E-state index contributed by atoms with van der Waals surface area (Å²) in [4.78, 5) is 0. The molecule has 0 aromatic heterocycles. The fourth-order valence-corrected chi connectivity index (χ4v) is 2.28. The summed E-state index contributed by atoms with van der Waals surface area (Å²) in [6, 6.07) is 0.603. The summed E-state index contributed by atoms with van der Waals surface area (Å²) in [5.74, 6) is 1.53. The van der Waals surface area contributed by atoms with Crippen molar-refractivity contribution < 1.29 is 4.74 Å². The Morgan fingerprint density at radius 1 is 1.38 bits per heavy atom. The van der Waals surface area contributed by atoms with Gasteiger partial charge in [-0.1, -0.05) is 26.0 Å². The molecule has 0 bridgehead atoms. The van der Waals surface area contributed by atoms with Crippen molar-refractivity contribution in [1.29, 1.82) is 0 Å². The molecule has 2 atom stereocenters. The van der Waals surface area contributed by atoms with Crippen molar-refractivity contribution in [3.05, 3.63) is 12.2 Å². The highest BCUT2D eigenvalue weighted by molar-refractivity contribution is 4.91. The fraction of sp³-hybridized carbons (Fsp3) is 0.857. The highest BCUT2D eigenvalue weighted by Gasteiger charge is 2.15. The average molecular weight is 225 g/mol. The SMILES string of the molecule is COCCC(NCC1CC=CCC1)C(C)C. The van der Waals surface area contributed by atoms with E-state index in [0.29, 0.717) is 12.0 Å². The third-order valence-corrected chi connectivity index (χ3v) is 3.48. The molecule has 0 amide bonds. The number of methoxy groups -OCH3 is 1. The first-order valence-corrected chi connectivity index (χ1v) is 6.61. The van der Waals surface area contributed by atoms with Crippen molar-refractivity contribution in [1.82, 2.24) is 5.32 Å². The van der Waals surface area contributed by atoms with Gasteiger partial charge in [-0.2, -0.15) is 0 Å². The van der Waals surface area contributed by atoms with Crippen LogP contribution in [0.4, 0.5) is 0 Å². The van der Waals surface area contributed by atoms with E-state index in [1.807, 2.05) is 0 Å². The van der Waals surface area contributed by atoms with Gasteiger partial charge in [0.05, 0.1) is 0 Å². The summed E-state index contributed by atoms with van der Waals surface area (Å²) in [5.41, 5.74) is 0. The summed E-state index contributed by atoms with van der Waals surface area (Å²) < 4.78 is 5.16. The van der Waals surface area contributed by atoms with E-state index < -0.39 is 0 Å². The molecule has 0 radical (unpaired) electrons. The molecular formula is C14H27NO. The molecule has 1 aliphatic rings. The van der Waals surface area contributed by atoms with Crippen LogP contribution in [0, 0.1) is 11.8 Å². The van der Waals surface area contributed by atoms with Gasteiger partial charge >= 0.3 is 0 Å². The van der Waals surface area contributed by atoms with Crippen LogP contribution in [0.15, 0.2) is 12.2 Å². The molecular weight excluding hydrogens is 198 g/mol. The Morgan fingerprint density at radius 2 is 2.19 bits per heavy atom. The largest absolute Gasteiger partial charge is 0.385 e. The molecule has 1 aliphatic carbocycles. The van der Waals surface area contributed by atoms with Crippen molar-refractivity contribution in [2.45, 2.75) is 45.6 Å². The molecule has 1 rings (SSSR count). The maximum Gasteiger partial charge on any atom is 0.0477 e. The van der Waals surface area contributed by atoms with Crippen LogP contribution < -0.4 is 5.32 Å². The molecule has 0 heterocycles. The van der Waals surface area contributed by atoms with Crippen LogP contribution in [0.1, 0.15) is 39.5 Å². The summed E-state index contributed by atoms with van der Waals surface area (Å²) >= 11 is 0. The number of allylic oxidation sites excluding steroid dienone is 2. The Hall–Kier alpha value is -0.340. The molecule has 2 nitrogen and oxygen atoms in total. The van der Waals surface area contributed by atoms with Crippen molar-refractivity contribution in [3.8, 4) is 0 Å². The maximum absolute atomic E-state index is 5.16. The van der Waals surface area contributed by atoms with Gasteiger partial charge < -0.3 is 10.1 Å². The predicted octanol–water partition coefficient (Wildman–Crippen LogP) is 2.99. The van der Waals surface area contributed by atoms with Crippen LogP contribution >= 0.6 is 0 Å². The second-order valence-corrected chi connectivity index (χ2v) is 5.19. The summed E-state index contributed by atoms with van der Waals surface area (Å²) in [6.07, 6.45) is 9.62. The van der Waals surface area contributed by atoms with Gasteiger partial charge in [0.1, 0.15) is 0 Å². The Kier molecular flexibility index (Phi) is 6.74. The first-order chi connectivity index (χ1) is 7.74. The lowest BCUT2D eigenvalue weighted by molar-refractivity contribution is 0.172. The Balaban J connectivity index is 2.22. The molecule has 0 fully saturated rings. The van der Waals surface area contributed by atoms with E-state index in [0.717, 1.165) is 25.5 Å². The molecule has 2 unspecified atom stereocenters. The molecule has 0 saturated carbocycles. The van der Waals surface area contributed by atoms with E-state index >= 15 is 0 Å². The summed E-state index contributed by atoms with van der Waals surface area (Å²) in [6.45, 7) is 6.60. The molecule has 1 N–H and O–H groups in total. The van der Waals surface area contributed by atoms with Crippen molar-refractivity contribution in [2.24, 2.45) is 11.8 Å². The van der Waals surface area contributed by atoms with Crippen LogP contribution in [0.25, 0.3) is 0 Å². The minimum absolute atomic E-state index is 0.603. The summed E-state index contributed by atoms with van der Waals surface area (Å²) in [7, 11) is 1.78. The van der Waals surface area contributed by atoms with Gasteiger partial charge in [-0.05, 0) is 44.1 Å². The third kappa shape index (κ3) is 5.13. The lowest BCUT2D eigenvalue weighted by Crippen LogP contribution is -2.38. The number of nitrogens with one attached hydrogen (secondary N) is 1. The zero-order valence-corrected chi connectivity index (χ0v) is 11.0. The zero-order valence-electron chi connectivity index (χ0n) is 11.0. The van der Waals surface area contributed by atoms with Gasteiger partial charge in [0.2, 0.25) is 0 Å². The van der Waals surface area contributed by atoms with Gasteiger partial charge in [0, 0.05) is 19.8 Å². The second-order valence-electron chi connectivity index (χ2n) is 5.19. The second kappa shape index (κ2) is 7.86. The summed E-state index contributed by atoms with van der Waals surface area (Å²) in [5, 5.41) is 3.71. The van der Waals surface area contributed by atoms with Crippen molar-refractivity contribution >= 4 is 0 Å². The minimum Gasteiger partial charge on any atom is -0.385 e. The Morgan fingerprint density at radius 3 is 2.75 bits per heavy atom. The number of hydrogen-bond donors (Lipinski definition) is 1. The standard InChI is InChI=1S/C14H27NO/c1-12(2)14(9-10-16-3)15-11-13-7-5-4-6-8-13/h4-5,12-15H,6-11H2,1-3H3. The Bertz CT molecular complexity index is 201. The normalized spacial score (nSPS) is 22.6. The van der Waals surface area contributed by atoms with Crippen molar-refractivity contribution in [2.75, 3.05) is 20.3 Å². The van der Waals surface area contributed by atoms with Crippen LogP contribution in [0.5, 0.6) is 0 Å². The predicted molar refractivity (Wildman–Crippen MR) is 69.6 cm³/mol. The lowest BCUT2D eigenvalue weighted by Gasteiger charge is -2.26. The quantitative estimate of drug-likeness (QED) is 0.673. The molecule has 94 valence electrons. The molecule has 0 spiro atoms. The average Bonchev–Trinajstić information content (AvgIpc) is 2.30. The van der Waals surface area contributed by atoms with Crippen LogP contribution in [0.3, 0.4) is 0 Å². The van der Waals surface area contributed by atoms with E-state index in [4.69, 9.17) is 4.74 Å². The minimum atomic E-state index is 0.603. The fourth-order valence-electron chi connectivity index (χ4n) is 2.28. The molecule has 0 saturated heterocycles. The molecule has 2 heteroatoms. The number of hydrogen-bond acceptors (Lipinski definition) is 2. The highest BCUT2D eigenvalue weighted by atomic mass is 16.5. The monoisotopic (exact) mass is 225 g/mol. The van der Waals surface area contributed by atoms with Gasteiger partial charge in [-0.3, -0.25) is 0 Å². The van der Waals surface area contributed by atoms with Crippen molar-refractivity contribution in [3.63, 3.8) is 0 Å². The number of ether oxygens (including phenoxy) is 1. The maximum atomic E-state index is 5.16. The van der Waals surface area contributed by atoms with Gasteiger partial charge in [0.25, 0.3) is 0 Å². The van der Waals surface area contributed by atoms with Gasteiger partial charge in [-0.15, -0.1) is 0 Å². The van der Waals surface area contributed by atoms with E-state index in [9.17, 15) is 0 Å². The lowest BCUT2D eigenvalue weighted by atomic mass is 9.93. The highest BCUT2D eigenvalue weighted by Crippen LogP contribution is 2.18. The molecule has 0 aliphatic heterocycles. The van der Waals surface area contributed by atoms with Gasteiger partial charge in [0.15, 0.2) is 0 Å². The topological polar surface area (TPSA) is 21.3 Å². The van der Waals surface area contributed by atoms with Crippen LogP contribution in [-0.4, -0.2) is 26.3 Å². The molecule has 0 aromatic carbocycles. The first-order valence-electron chi connectivity index (χ1n) is 6.61. The third-order valence-electron chi connectivity index (χ3n) is 3.48. The van der Waals surface area contributed by atoms with E-state index in [-0.39, 0.29) is 0 Å². The van der Waals surface area contributed by atoms with E-state index in [1.54, 1.807) is 7.11 Å². The number of rotatable bonds is 7.